The number of hydrogen-bond acceptors (Lipinski definition) is 6. The van der Waals surface area contributed by atoms with Crippen LogP contribution >= 0.6 is 0 Å². The van der Waals surface area contributed by atoms with Gasteiger partial charge in [0.15, 0.2) is 11.3 Å². The zero-order valence-corrected chi connectivity index (χ0v) is 20.4. The van der Waals surface area contributed by atoms with E-state index in [0.29, 0.717) is 36.5 Å². The minimum atomic E-state index is -3.29. The van der Waals surface area contributed by atoms with Gasteiger partial charge < -0.3 is 10.2 Å². The summed E-state index contributed by atoms with van der Waals surface area (Å²) in [5, 5.41) is 7.66. The van der Waals surface area contributed by atoms with Crippen molar-refractivity contribution in [1.82, 2.24) is 24.2 Å². The Bertz CT molecular complexity index is 1340. The van der Waals surface area contributed by atoms with Crippen molar-refractivity contribution in [1.29, 1.82) is 0 Å². The van der Waals surface area contributed by atoms with Crippen LogP contribution in [0, 0.1) is 5.82 Å². The summed E-state index contributed by atoms with van der Waals surface area (Å²) in [4.78, 5) is 19.5. The number of halogens is 1. The average Bonchev–Trinajstić information content (AvgIpc) is 3.58. The molecule has 2 aliphatic rings. The molecule has 2 saturated heterocycles. The molecule has 1 amide bonds. The van der Waals surface area contributed by atoms with Gasteiger partial charge >= 0.3 is 0 Å². The number of nitrogens with zero attached hydrogens (tertiary/aromatic N) is 5. The Morgan fingerprint density at radius 3 is 2.86 bits per heavy atom. The number of amides is 1. The quantitative estimate of drug-likeness (QED) is 0.536. The molecule has 0 unspecified atom stereocenters. The molecule has 186 valence electrons. The van der Waals surface area contributed by atoms with Crippen LogP contribution in [0.4, 0.5) is 10.2 Å². The molecule has 35 heavy (non-hydrogen) atoms. The van der Waals surface area contributed by atoms with E-state index in [1.54, 1.807) is 12.1 Å². The highest BCUT2D eigenvalue weighted by molar-refractivity contribution is 7.89. The highest BCUT2D eigenvalue weighted by Crippen LogP contribution is 2.35. The summed E-state index contributed by atoms with van der Waals surface area (Å²) in [5.74, 6) is 0.194. The molecule has 4 heterocycles. The second kappa shape index (κ2) is 9.54. The van der Waals surface area contributed by atoms with Crippen LogP contribution in [-0.4, -0.2) is 64.7 Å². The number of hydrogen-bond donors (Lipinski definition) is 1. The number of aromatic nitrogens is 3. The van der Waals surface area contributed by atoms with Crippen molar-refractivity contribution in [3.8, 4) is 0 Å². The van der Waals surface area contributed by atoms with Crippen LogP contribution in [0.2, 0.25) is 0 Å². The number of imidazole rings is 1. The van der Waals surface area contributed by atoms with E-state index in [9.17, 15) is 17.6 Å². The maximum atomic E-state index is 13.8. The zero-order chi connectivity index (χ0) is 24.6. The Hall–Kier alpha value is -3.05. The molecule has 2 fully saturated rings. The van der Waals surface area contributed by atoms with E-state index < -0.39 is 10.0 Å². The fourth-order valence-electron chi connectivity index (χ4n) is 5.02. The number of fused-ring (bicyclic) bond motifs is 1. The van der Waals surface area contributed by atoms with Crippen LogP contribution in [0.5, 0.6) is 0 Å². The molecule has 9 nitrogen and oxygen atoms in total. The molecule has 0 spiro atoms. The van der Waals surface area contributed by atoms with Gasteiger partial charge in [0.1, 0.15) is 11.6 Å². The third-order valence-electron chi connectivity index (χ3n) is 6.70. The predicted molar refractivity (Wildman–Crippen MR) is 130 cm³/mol. The molecular weight excluding hydrogens is 471 g/mol. The number of benzene rings is 1. The topological polar surface area (TPSA) is 99.9 Å². The van der Waals surface area contributed by atoms with Gasteiger partial charge in [-0.1, -0.05) is 19.1 Å². The Morgan fingerprint density at radius 1 is 1.20 bits per heavy atom. The molecule has 2 atom stereocenters. The number of carbonyl (C=O) groups is 1. The first kappa shape index (κ1) is 23.7. The van der Waals surface area contributed by atoms with Crippen molar-refractivity contribution in [2.75, 3.05) is 30.3 Å². The number of rotatable bonds is 7. The minimum absolute atomic E-state index is 0.00555. The van der Waals surface area contributed by atoms with Gasteiger partial charge in [-0.2, -0.15) is 4.31 Å². The van der Waals surface area contributed by atoms with E-state index in [1.807, 2.05) is 25.1 Å². The van der Waals surface area contributed by atoms with Crippen molar-refractivity contribution in [3.63, 3.8) is 0 Å². The molecule has 0 saturated carbocycles. The van der Waals surface area contributed by atoms with Gasteiger partial charge in [-0.05, 0) is 55.5 Å². The van der Waals surface area contributed by atoms with Gasteiger partial charge in [0.05, 0.1) is 18.0 Å². The molecule has 0 bridgehead atoms. The molecule has 1 N–H and O–H groups in total. The van der Waals surface area contributed by atoms with Crippen LogP contribution < -0.4 is 10.2 Å². The summed E-state index contributed by atoms with van der Waals surface area (Å²) in [5.41, 5.74) is 1.73. The van der Waals surface area contributed by atoms with Gasteiger partial charge in [-0.15, -0.1) is 5.10 Å². The Morgan fingerprint density at radius 2 is 2.06 bits per heavy atom. The monoisotopic (exact) mass is 500 g/mol. The van der Waals surface area contributed by atoms with Crippen LogP contribution in [0.3, 0.4) is 0 Å². The Balaban J connectivity index is 1.35. The first-order valence-electron chi connectivity index (χ1n) is 12.0. The SMILES string of the molecule is CCCS(=O)(=O)N1CC[C@H](NC(=O)c2cnc3ccc(N4CCC[C@@H]4c4cccc(F)c4)nn23)C1. The smallest absolute Gasteiger partial charge is 0.271 e. The average molecular weight is 501 g/mol. The molecule has 0 radical (unpaired) electrons. The van der Waals surface area contributed by atoms with Gasteiger partial charge in [0.2, 0.25) is 10.0 Å². The second-order valence-corrected chi connectivity index (χ2v) is 11.2. The molecule has 1 aromatic carbocycles. The highest BCUT2D eigenvalue weighted by Gasteiger charge is 2.32. The van der Waals surface area contributed by atoms with Crippen LogP contribution in [0.15, 0.2) is 42.6 Å². The van der Waals surface area contributed by atoms with E-state index in [-0.39, 0.29) is 36.1 Å². The molecule has 2 aliphatic heterocycles. The number of nitrogens with one attached hydrogen (secondary N) is 1. The molecule has 11 heteroatoms. The molecular formula is C24H29FN6O3S. The van der Waals surface area contributed by atoms with E-state index >= 15 is 0 Å². The summed E-state index contributed by atoms with van der Waals surface area (Å²) in [6.45, 7) is 3.28. The number of carbonyl (C=O) groups excluding carboxylic acids is 1. The maximum Gasteiger partial charge on any atom is 0.271 e. The largest absolute Gasteiger partial charge is 0.348 e. The van der Waals surface area contributed by atoms with Crippen molar-refractivity contribution < 1.29 is 17.6 Å². The third-order valence-corrected chi connectivity index (χ3v) is 8.75. The molecule has 3 aromatic rings. The number of anilines is 1. The maximum absolute atomic E-state index is 13.8. The van der Waals surface area contributed by atoms with Crippen molar-refractivity contribution >= 4 is 27.4 Å². The third kappa shape index (κ3) is 4.74. The van der Waals surface area contributed by atoms with E-state index in [1.165, 1.54) is 21.1 Å². The lowest BCUT2D eigenvalue weighted by atomic mass is 10.0. The lowest BCUT2D eigenvalue weighted by Crippen LogP contribution is -2.39. The normalized spacial score (nSPS) is 21.1. The van der Waals surface area contributed by atoms with Crippen LogP contribution in [0.1, 0.15) is 54.7 Å². The van der Waals surface area contributed by atoms with Crippen molar-refractivity contribution in [2.24, 2.45) is 0 Å². The summed E-state index contributed by atoms with van der Waals surface area (Å²) in [6.07, 6.45) is 4.45. The molecule has 5 rings (SSSR count). The van der Waals surface area contributed by atoms with Gasteiger partial charge in [-0.3, -0.25) is 4.79 Å². The fourth-order valence-corrected chi connectivity index (χ4v) is 6.58. The lowest BCUT2D eigenvalue weighted by molar-refractivity contribution is 0.0932. The fraction of sp³-hybridized carbons (Fsp3) is 0.458. The van der Waals surface area contributed by atoms with Crippen LogP contribution in [0.25, 0.3) is 5.65 Å². The van der Waals surface area contributed by atoms with Crippen molar-refractivity contribution in [3.05, 3.63) is 59.7 Å². The van der Waals surface area contributed by atoms with Crippen LogP contribution in [-0.2, 0) is 10.0 Å². The molecule has 2 aromatic heterocycles. The van der Waals surface area contributed by atoms with Gasteiger partial charge in [0.25, 0.3) is 5.91 Å². The standard InChI is InChI=1S/C24H29FN6O3S/c1-2-13-35(33,34)29-12-10-19(16-29)27-24(32)21-15-26-22-8-9-23(28-31(21)22)30-11-4-7-20(30)17-5-3-6-18(25)14-17/h3,5-6,8-9,14-15,19-20H,2,4,7,10-13,16H2,1H3,(H,27,32)/t19-,20+/m0/s1. The predicted octanol–water partition coefficient (Wildman–Crippen LogP) is 2.75. The minimum Gasteiger partial charge on any atom is -0.348 e. The zero-order valence-electron chi connectivity index (χ0n) is 19.6. The van der Waals surface area contributed by atoms with E-state index in [2.05, 4.69) is 15.2 Å². The Kier molecular flexibility index (Phi) is 6.45. The lowest BCUT2D eigenvalue weighted by Gasteiger charge is -2.26. The van der Waals surface area contributed by atoms with E-state index in [0.717, 1.165) is 24.9 Å². The number of sulfonamides is 1. The van der Waals surface area contributed by atoms with Crippen molar-refractivity contribution in [2.45, 2.75) is 44.7 Å². The van der Waals surface area contributed by atoms with E-state index in [4.69, 9.17) is 5.10 Å². The summed E-state index contributed by atoms with van der Waals surface area (Å²) >= 11 is 0. The first-order chi connectivity index (χ1) is 16.9. The van der Waals surface area contributed by atoms with Gasteiger partial charge in [0, 0.05) is 25.7 Å². The highest BCUT2D eigenvalue weighted by atomic mass is 32.2. The summed E-state index contributed by atoms with van der Waals surface area (Å²) < 4.78 is 41.5. The summed E-state index contributed by atoms with van der Waals surface area (Å²) in [7, 11) is -3.29. The Labute approximate surface area is 204 Å². The molecule has 0 aliphatic carbocycles. The first-order valence-corrected chi connectivity index (χ1v) is 13.6. The second-order valence-electron chi connectivity index (χ2n) is 9.14. The summed E-state index contributed by atoms with van der Waals surface area (Å²) in [6, 6.07) is 10.1. The van der Waals surface area contributed by atoms with Gasteiger partial charge in [-0.25, -0.2) is 22.3 Å².